The van der Waals surface area contributed by atoms with Crippen LogP contribution in [0, 0.1) is 11.3 Å². The number of hydrogen-bond donors (Lipinski definition) is 1. The number of benzene rings is 2. The standard InChI is InChI=1S/C25H25ClN2O6S/c1-5-33-25(29)22-20(13-35-16-8-6-15(26)7-9-16)34-24(28)17(12-27)21(22)14-10-18(30-2)23(32-4)19(11-14)31-3/h6-11,21H,5,13,28H2,1-4H3/t21-/m1/s1. The molecule has 2 aromatic carbocycles. The minimum absolute atomic E-state index is 0.0718. The maximum absolute atomic E-state index is 13.2. The zero-order valence-electron chi connectivity index (χ0n) is 19.7. The number of nitriles is 1. The predicted octanol–water partition coefficient (Wildman–Crippen LogP) is 4.78. The molecule has 8 nitrogen and oxygen atoms in total. The third kappa shape index (κ3) is 5.61. The average molecular weight is 517 g/mol. The lowest BCUT2D eigenvalue weighted by molar-refractivity contribution is -0.139. The lowest BCUT2D eigenvalue weighted by Crippen LogP contribution is -2.27. The van der Waals surface area contributed by atoms with Gasteiger partial charge in [-0.3, -0.25) is 0 Å². The van der Waals surface area contributed by atoms with Crippen molar-refractivity contribution in [3.63, 3.8) is 0 Å². The van der Waals surface area contributed by atoms with Gasteiger partial charge in [-0.2, -0.15) is 5.26 Å². The number of methoxy groups -OCH3 is 3. The number of nitrogens with two attached hydrogens (primary N) is 1. The molecule has 1 aliphatic heterocycles. The highest BCUT2D eigenvalue weighted by Gasteiger charge is 2.38. The summed E-state index contributed by atoms with van der Waals surface area (Å²) < 4.78 is 27.5. The molecule has 2 aromatic rings. The van der Waals surface area contributed by atoms with Gasteiger partial charge in [0.1, 0.15) is 17.4 Å². The molecular formula is C25H25ClN2O6S. The predicted molar refractivity (Wildman–Crippen MR) is 133 cm³/mol. The summed E-state index contributed by atoms with van der Waals surface area (Å²) in [6, 6.07) is 12.7. The van der Waals surface area contributed by atoms with E-state index in [2.05, 4.69) is 6.07 Å². The Balaban J connectivity index is 2.17. The van der Waals surface area contributed by atoms with Crippen molar-refractivity contribution in [1.29, 1.82) is 5.26 Å². The quantitative estimate of drug-likeness (QED) is 0.371. The molecule has 184 valence electrons. The third-order valence-corrected chi connectivity index (χ3v) is 6.46. The molecule has 0 spiro atoms. The Morgan fingerprint density at radius 1 is 1.14 bits per heavy atom. The van der Waals surface area contributed by atoms with Crippen LogP contribution in [0.5, 0.6) is 17.2 Å². The molecule has 0 saturated carbocycles. The number of esters is 1. The number of thioether (sulfide) groups is 1. The van der Waals surface area contributed by atoms with Gasteiger partial charge >= 0.3 is 5.97 Å². The molecule has 0 aliphatic carbocycles. The van der Waals surface area contributed by atoms with Crippen LogP contribution < -0.4 is 19.9 Å². The van der Waals surface area contributed by atoms with Gasteiger partial charge in [0.15, 0.2) is 11.5 Å². The van der Waals surface area contributed by atoms with E-state index in [0.717, 1.165) is 4.90 Å². The van der Waals surface area contributed by atoms with Gasteiger partial charge < -0.3 is 29.4 Å². The van der Waals surface area contributed by atoms with E-state index in [1.807, 2.05) is 12.1 Å². The van der Waals surface area contributed by atoms with Crippen LogP contribution in [0.15, 0.2) is 64.1 Å². The van der Waals surface area contributed by atoms with Crippen molar-refractivity contribution in [2.24, 2.45) is 5.73 Å². The zero-order valence-corrected chi connectivity index (χ0v) is 21.3. The molecule has 3 rings (SSSR count). The van der Waals surface area contributed by atoms with Gasteiger partial charge in [-0.05, 0) is 48.9 Å². The number of nitrogens with zero attached hydrogens (tertiary/aromatic N) is 1. The minimum Gasteiger partial charge on any atom is -0.493 e. The van der Waals surface area contributed by atoms with Crippen molar-refractivity contribution in [2.45, 2.75) is 17.7 Å². The van der Waals surface area contributed by atoms with Gasteiger partial charge in [-0.25, -0.2) is 4.79 Å². The SMILES string of the molecule is CCOC(=O)C1=C(CSc2ccc(Cl)cc2)OC(N)=C(C#N)[C@H]1c1cc(OC)c(OC)c(OC)c1. The van der Waals surface area contributed by atoms with E-state index >= 15 is 0 Å². The highest BCUT2D eigenvalue weighted by Crippen LogP contribution is 2.46. The second-order valence-corrected chi connectivity index (χ2v) is 8.67. The topological polar surface area (TPSA) is 113 Å². The molecule has 0 bridgehead atoms. The lowest BCUT2D eigenvalue weighted by atomic mass is 9.82. The van der Waals surface area contributed by atoms with Gasteiger partial charge in [0.25, 0.3) is 0 Å². The Morgan fingerprint density at radius 3 is 2.29 bits per heavy atom. The molecule has 1 atom stereocenters. The number of hydrogen-bond acceptors (Lipinski definition) is 9. The van der Waals surface area contributed by atoms with Crippen LogP contribution in [0.4, 0.5) is 0 Å². The Hall–Kier alpha value is -3.48. The maximum Gasteiger partial charge on any atom is 0.338 e. The van der Waals surface area contributed by atoms with E-state index in [1.54, 1.807) is 31.2 Å². The summed E-state index contributed by atoms with van der Waals surface area (Å²) in [7, 11) is 4.45. The number of halogens is 1. The highest BCUT2D eigenvalue weighted by molar-refractivity contribution is 7.99. The molecule has 10 heteroatoms. The van der Waals surface area contributed by atoms with Crippen molar-refractivity contribution in [3.8, 4) is 23.3 Å². The summed E-state index contributed by atoms with van der Waals surface area (Å²) in [6.07, 6.45) is 0. The fourth-order valence-corrected chi connectivity index (χ4v) is 4.61. The van der Waals surface area contributed by atoms with Crippen LogP contribution in [0.2, 0.25) is 5.02 Å². The Kier molecular flexibility index (Phi) is 8.79. The normalized spacial score (nSPS) is 15.3. The van der Waals surface area contributed by atoms with E-state index in [-0.39, 0.29) is 29.4 Å². The Morgan fingerprint density at radius 2 is 1.77 bits per heavy atom. The number of ether oxygens (including phenoxy) is 5. The van der Waals surface area contributed by atoms with Crippen LogP contribution >= 0.6 is 23.4 Å². The molecule has 0 aromatic heterocycles. The molecule has 0 unspecified atom stereocenters. The van der Waals surface area contributed by atoms with Crippen LogP contribution in [0.25, 0.3) is 0 Å². The van der Waals surface area contributed by atoms with Crippen molar-refractivity contribution in [1.82, 2.24) is 0 Å². The molecule has 0 saturated heterocycles. The monoisotopic (exact) mass is 516 g/mol. The average Bonchev–Trinajstić information content (AvgIpc) is 2.86. The molecule has 0 radical (unpaired) electrons. The van der Waals surface area contributed by atoms with Crippen LogP contribution in [-0.4, -0.2) is 39.7 Å². The van der Waals surface area contributed by atoms with Crippen molar-refractivity contribution in [2.75, 3.05) is 33.7 Å². The second-order valence-electron chi connectivity index (χ2n) is 7.18. The zero-order chi connectivity index (χ0) is 25.5. The summed E-state index contributed by atoms with van der Waals surface area (Å²) in [5, 5.41) is 10.6. The first-order valence-electron chi connectivity index (χ1n) is 10.5. The first-order valence-corrected chi connectivity index (χ1v) is 11.9. The summed E-state index contributed by atoms with van der Waals surface area (Å²) in [5.74, 6) is 0.0801. The number of carbonyl (C=O) groups excluding carboxylic acids is 1. The molecule has 1 aliphatic rings. The highest BCUT2D eigenvalue weighted by atomic mass is 35.5. The maximum atomic E-state index is 13.2. The fourth-order valence-electron chi connectivity index (χ4n) is 3.64. The van der Waals surface area contributed by atoms with Gasteiger partial charge in [0.05, 0.1) is 45.2 Å². The molecule has 0 amide bonds. The molecular weight excluding hydrogens is 492 g/mol. The largest absolute Gasteiger partial charge is 0.493 e. The number of allylic oxidation sites excluding steroid dienone is 1. The van der Waals surface area contributed by atoms with Gasteiger partial charge in [-0.15, -0.1) is 11.8 Å². The Bertz CT molecular complexity index is 1180. The smallest absolute Gasteiger partial charge is 0.338 e. The van der Waals surface area contributed by atoms with E-state index in [4.69, 9.17) is 41.0 Å². The van der Waals surface area contributed by atoms with Gasteiger partial charge in [0, 0.05) is 9.92 Å². The molecule has 2 N–H and O–H groups in total. The first kappa shape index (κ1) is 26.1. The van der Waals surface area contributed by atoms with Gasteiger partial charge in [-0.1, -0.05) is 11.6 Å². The first-order chi connectivity index (χ1) is 16.9. The third-order valence-electron chi connectivity index (χ3n) is 5.20. The lowest BCUT2D eigenvalue weighted by Gasteiger charge is -2.28. The summed E-state index contributed by atoms with van der Waals surface area (Å²) >= 11 is 7.41. The van der Waals surface area contributed by atoms with E-state index in [0.29, 0.717) is 33.6 Å². The van der Waals surface area contributed by atoms with E-state index < -0.39 is 11.9 Å². The Labute approximate surface area is 213 Å². The molecule has 0 fully saturated rings. The molecule has 1 heterocycles. The number of rotatable bonds is 9. The van der Waals surface area contributed by atoms with E-state index in [1.165, 1.54) is 33.1 Å². The summed E-state index contributed by atoms with van der Waals surface area (Å²) in [4.78, 5) is 14.1. The fraction of sp³-hybridized carbons (Fsp3) is 0.280. The molecule has 35 heavy (non-hydrogen) atoms. The van der Waals surface area contributed by atoms with Crippen molar-refractivity contribution < 1.29 is 28.5 Å². The van der Waals surface area contributed by atoms with Crippen LogP contribution in [-0.2, 0) is 14.3 Å². The number of carbonyl (C=O) groups is 1. The van der Waals surface area contributed by atoms with Crippen molar-refractivity contribution in [3.05, 3.63) is 69.8 Å². The van der Waals surface area contributed by atoms with Crippen LogP contribution in [0.3, 0.4) is 0 Å². The summed E-state index contributed by atoms with van der Waals surface area (Å²) in [5.41, 5.74) is 6.94. The van der Waals surface area contributed by atoms with E-state index in [9.17, 15) is 10.1 Å². The van der Waals surface area contributed by atoms with Crippen molar-refractivity contribution >= 4 is 29.3 Å². The second kappa shape index (κ2) is 11.8. The van der Waals surface area contributed by atoms with Crippen LogP contribution in [0.1, 0.15) is 18.4 Å². The minimum atomic E-state index is -0.873. The van der Waals surface area contributed by atoms with Gasteiger partial charge in [0.2, 0.25) is 11.6 Å². The summed E-state index contributed by atoms with van der Waals surface area (Å²) in [6.45, 7) is 1.84.